The highest BCUT2D eigenvalue weighted by Gasteiger charge is 2.31. The average molecular weight is 343 g/mol. The maximum atomic E-state index is 12.6. The predicted molar refractivity (Wildman–Crippen MR) is 83.7 cm³/mol. The van der Waals surface area contributed by atoms with E-state index in [1.807, 2.05) is 6.26 Å². The average Bonchev–Trinajstić information content (AvgIpc) is 2.36. The Balaban J connectivity index is 2.65. The third-order valence-corrected chi connectivity index (χ3v) is 3.63. The van der Waals surface area contributed by atoms with E-state index >= 15 is 0 Å². The molecule has 8 heteroatoms. The summed E-state index contributed by atoms with van der Waals surface area (Å²) in [6.45, 7) is 0.656. The van der Waals surface area contributed by atoms with Gasteiger partial charge in [0.1, 0.15) is 0 Å². The van der Waals surface area contributed by atoms with Crippen molar-refractivity contribution in [2.75, 3.05) is 23.9 Å². The summed E-state index contributed by atoms with van der Waals surface area (Å²) >= 11 is 12.6. The Morgan fingerprint density at radius 3 is 2.70 bits per heavy atom. The Morgan fingerprint density at radius 2 is 2.10 bits per heavy atom. The van der Waals surface area contributed by atoms with Crippen LogP contribution in [0.1, 0.15) is 12.0 Å². The minimum absolute atomic E-state index is 0.142. The van der Waals surface area contributed by atoms with E-state index in [9.17, 15) is 13.2 Å². The minimum atomic E-state index is -4.41. The molecule has 0 bridgehead atoms. The van der Waals surface area contributed by atoms with Gasteiger partial charge < -0.3 is 10.6 Å². The third-order valence-electron chi connectivity index (χ3n) is 2.35. The Bertz CT molecular complexity index is 467. The van der Waals surface area contributed by atoms with Crippen molar-refractivity contribution in [2.24, 2.45) is 0 Å². The molecule has 0 atom stereocenters. The summed E-state index contributed by atoms with van der Waals surface area (Å²) in [5.41, 5.74) is -0.626. The smallest absolute Gasteiger partial charge is 0.362 e. The largest absolute Gasteiger partial charge is 0.416 e. The molecule has 0 fully saturated rings. The molecular formula is C12H14ClF3N2S2. The van der Waals surface area contributed by atoms with Gasteiger partial charge in [-0.15, -0.1) is 0 Å². The lowest BCUT2D eigenvalue weighted by atomic mass is 10.2. The molecule has 0 saturated heterocycles. The van der Waals surface area contributed by atoms with Crippen molar-refractivity contribution in [3.05, 3.63) is 28.8 Å². The van der Waals surface area contributed by atoms with Gasteiger partial charge >= 0.3 is 6.18 Å². The molecule has 0 saturated carbocycles. The van der Waals surface area contributed by atoms with Crippen LogP contribution >= 0.6 is 35.6 Å². The molecule has 0 unspecified atom stereocenters. The van der Waals surface area contributed by atoms with E-state index in [4.69, 9.17) is 23.8 Å². The molecule has 0 heterocycles. The first-order valence-electron chi connectivity index (χ1n) is 5.75. The van der Waals surface area contributed by atoms with Gasteiger partial charge in [-0.2, -0.15) is 24.9 Å². The van der Waals surface area contributed by atoms with Crippen LogP contribution in [0.3, 0.4) is 0 Å². The summed E-state index contributed by atoms with van der Waals surface area (Å²) in [4.78, 5) is 0. The van der Waals surface area contributed by atoms with Crippen LogP contribution in [0.15, 0.2) is 18.2 Å². The van der Waals surface area contributed by atoms with Gasteiger partial charge in [-0.3, -0.25) is 0 Å². The zero-order valence-corrected chi connectivity index (χ0v) is 13.1. The van der Waals surface area contributed by atoms with Crippen molar-refractivity contribution in [3.63, 3.8) is 0 Å². The quantitative estimate of drug-likeness (QED) is 0.612. The van der Waals surface area contributed by atoms with E-state index in [2.05, 4.69) is 10.6 Å². The van der Waals surface area contributed by atoms with Gasteiger partial charge in [0.15, 0.2) is 5.11 Å². The van der Waals surface area contributed by atoms with Crippen LogP contribution < -0.4 is 10.6 Å². The first-order chi connectivity index (χ1) is 9.34. The van der Waals surface area contributed by atoms with Gasteiger partial charge in [-0.25, -0.2) is 0 Å². The van der Waals surface area contributed by atoms with Gasteiger partial charge in [-0.1, -0.05) is 11.6 Å². The maximum Gasteiger partial charge on any atom is 0.416 e. The van der Waals surface area contributed by atoms with Crippen molar-refractivity contribution in [3.8, 4) is 0 Å². The number of thiocarbonyl (C=S) groups is 1. The van der Waals surface area contributed by atoms with Crippen molar-refractivity contribution >= 4 is 46.4 Å². The van der Waals surface area contributed by atoms with Crippen LogP contribution in [0.5, 0.6) is 0 Å². The molecule has 0 aromatic heterocycles. The Hall–Kier alpha value is -0.660. The predicted octanol–water partition coefficient (Wildman–Crippen LogP) is 4.40. The second-order valence-corrected chi connectivity index (χ2v) is 5.72. The van der Waals surface area contributed by atoms with Gasteiger partial charge in [0.05, 0.1) is 16.3 Å². The Labute approximate surface area is 130 Å². The summed E-state index contributed by atoms with van der Waals surface area (Å²) in [6.07, 6.45) is -1.49. The fraction of sp³-hybridized carbons (Fsp3) is 0.417. The van der Waals surface area contributed by atoms with Crippen molar-refractivity contribution < 1.29 is 13.2 Å². The van der Waals surface area contributed by atoms with Crippen LogP contribution in [0.4, 0.5) is 18.9 Å². The number of benzene rings is 1. The van der Waals surface area contributed by atoms with Crippen LogP contribution in [-0.2, 0) is 6.18 Å². The minimum Gasteiger partial charge on any atom is -0.362 e. The number of thioether (sulfide) groups is 1. The molecule has 1 rings (SSSR count). The molecule has 2 N–H and O–H groups in total. The second kappa shape index (κ2) is 7.95. The summed E-state index contributed by atoms with van der Waals surface area (Å²) < 4.78 is 37.8. The number of halogens is 4. The summed E-state index contributed by atoms with van der Waals surface area (Å²) in [6, 6.07) is 3.07. The first-order valence-corrected chi connectivity index (χ1v) is 7.93. The normalized spacial score (nSPS) is 11.2. The molecule has 0 aliphatic carbocycles. The van der Waals surface area contributed by atoms with Crippen molar-refractivity contribution in [2.45, 2.75) is 12.6 Å². The van der Waals surface area contributed by atoms with E-state index < -0.39 is 11.7 Å². The standard InChI is InChI=1S/C12H14ClF3N2S2/c1-20-6-2-5-17-11(19)18-10-7-8(12(14,15)16)3-4-9(10)13/h3-4,7H,2,5-6H2,1H3,(H2,17,18,19). The molecular weight excluding hydrogens is 329 g/mol. The summed E-state index contributed by atoms with van der Waals surface area (Å²) in [5.74, 6) is 0.986. The summed E-state index contributed by atoms with van der Waals surface area (Å²) in [7, 11) is 0. The Morgan fingerprint density at radius 1 is 1.40 bits per heavy atom. The van der Waals surface area contributed by atoms with E-state index in [0.717, 1.165) is 24.3 Å². The highest BCUT2D eigenvalue weighted by atomic mass is 35.5. The Kier molecular flexibility index (Phi) is 6.91. The first kappa shape index (κ1) is 17.4. The number of nitrogens with one attached hydrogen (secondary N) is 2. The highest BCUT2D eigenvalue weighted by Crippen LogP contribution is 2.33. The molecule has 0 amide bonds. The molecule has 0 aliphatic heterocycles. The molecule has 20 heavy (non-hydrogen) atoms. The number of hydrogen-bond donors (Lipinski definition) is 2. The van der Waals surface area contributed by atoms with Gasteiger partial charge in [-0.05, 0) is 48.8 Å². The maximum absolute atomic E-state index is 12.6. The van der Waals surface area contributed by atoms with E-state index in [-0.39, 0.29) is 15.8 Å². The van der Waals surface area contributed by atoms with Gasteiger partial charge in [0.25, 0.3) is 0 Å². The van der Waals surface area contributed by atoms with Crippen LogP contribution in [0.2, 0.25) is 5.02 Å². The second-order valence-electron chi connectivity index (χ2n) is 3.92. The topological polar surface area (TPSA) is 24.1 Å². The summed E-state index contributed by atoms with van der Waals surface area (Å²) in [5, 5.41) is 6.04. The molecule has 1 aromatic rings. The van der Waals surface area contributed by atoms with Crippen LogP contribution in [0, 0.1) is 0 Å². The van der Waals surface area contributed by atoms with Crippen molar-refractivity contribution in [1.29, 1.82) is 0 Å². The lowest BCUT2D eigenvalue weighted by molar-refractivity contribution is -0.137. The molecule has 2 nitrogen and oxygen atoms in total. The number of alkyl halides is 3. The van der Waals surface area contributed by atoms with Crippen LogP contribution in [0.25, 0.3) is 0 Å². The van der Waals surface area contributed by atoms with Gasteiger partial charge in [0.2, 0.25) is 0 Å². The number of rotatable bonds is 5. The molecule has 0 aliphatic rings. The third kappa shape index (κ3) is 5.76. The zero-order chi connectivity index (χ0) is 15.2. The van der Waals surface area contributed by atoms with Gasteiger partial charge in [0, 0.05) is 6.54 Å². The SMILES string of the molecule is CSCCCNC(=S)Nc1cc(C(F)(F)F)ccc1Cl. The lowest BCUT2D eigenvalue weighted by Gasteiger charge is -2.14. The monoisotopic (exact) mass is 342 g/mol. The number of anilines is 1. The lowest BCUT2D eigenvalue weighted by Crippen LogP contribution is -2.29. The molecule has 1 aromatic carbocycles. The van der Waals surface area contributed by atoms with Crippen molar-refractivity contribution in [1.82, 2.24) is 5.32 Å². The van der Waals surface area contributed by atoms with E-state index in [1.165, 1.54) is 6.07 Å². The number of hydrogen-bond acceptors (Lipinski definition) is 2. The van der Waals surface area contributed by atoms with E-state index in [1.54, 1.807) is 11.8 Å². The highest BCUT2D eigenvalue weighted by molar-refractivity contribution is 7.98. The molecule has 0 radical (unpaired) electrons. The van der Waals surface area contributed by atoms with Crippen LogP contribution in [-0.4, -0.2) is 23.7 Å². The molecule has 0 spiro atoms. The zero-order valence-electron chi connectivity index (χ0n) is 10.7. The van der Waals surface area contributed by atoms with E-state index in [0.29, 0.717) is 6.54 Å². The fourth-order valence-corrected chi connectivity index (χ4v) is 2.19. The molecule has 112 valence electrons. The fourth-order valence-electron chi connectivity index (χ4n) is 1.38.